The first-order valence-corrected chi connectivity index (χ1v) is 4.30. The lowest BCUT2D eigenvalue weighted by atomic mass is 10.1. The molecule has 1 aromatic carbocycles. The van der Waals surface area contributed by atoms with E-state index in [2.05, 4.69) is 9.97 Å². The molecule has 1 aromatic heterocycles. The summed E-state index contributed by atoms with van der Waals surface area (Å²) in [6.45, 7) is 0.323. The maximum atomic E-state index is 13.4. The fourth-order valence-corrected chi connectivity index (χ4v) is 1.36. The highest BCUT2D eigenvalue weighted by Gasteiger charge is 2.10. The predicted molar refractivity (Wildman–Crippen MR) is 51.9 cm³/mol. The number of benzene rings is 1. The summed E-state index contributed by atoms with van der Waals surface area (Å²) in [5.74, 6) is -0.283. The molecule has 0 saturated carbocycles. The number of aromatic amines is 1. The largest absolute Gasteiger partial charge is 0.347 e. The van der Waals surface area contributed by atoms with Crippen LogP contribution in [0.1, 0.15) is 5.69 Å². The van der Waals surface area contributed by atoms with Gasteiger partial charge in [0.25, 0.3) is 0 Å². The summed E-state index contributed by atoms with van der Waals surface area (Å²) >= 11 is 0. The third-order valence-electron chi connectivity index (χ3n) is 2.05. The van der Waals surface area contributed by atoms with Crippen LogP contribution in [-0.4, -0.2) is 9.97 Å². The Labute approximate surface area is 80.8 Å². The fourth-order valence-electron chi connectivity index (χ4n) is 1.36. The van der Waals surface area contributed by atoms with Crippen LogP contribution in [-0.2, 0) is 6.54 Å². The van der Waals surface area contributed by atoms with E-state index in [1.165, 1.54) is 12.4 Å². The van der Waals surface area contributed by atoms with E-state index in [0.717, 1.165) is 5.69 Å². The van der Waals surface area contributed by atoms with Gasteiger partial charge >= 0.3 is 0 Å². The minimum atomic E-state index is -0.283. The molecule has 0 fully saturated rings. The molecule has 3 nitrogen and oxygen atoms in total. The molecule has 0 aliphatic rings. The smallest absolute Gasteiger partial charge is 0.132 e. The van der Waals surface area contributed by atoms with E-state index in [9.17, 15) is 4.39 Å². The first kappa shape index (κ1) is 8.90. The number of hydrogen-bond donors (Lipinski definition) is 2. The van der Waals surface area contributed by atoms with E-state index < -0.39 is 0 Å². The number of rotatable bonds is 2. The zero-order valence-corrected chi connectivity index (χ0v) is 7.50. The topological polar surface area (TPSA) is 54.7 Å². The summed E-state index contributed by atoms with van der Waals surface area (Å²) in [5, 5.41) is 0. The van der Waals surface area contributed by atoms with Crippen LogP contribution in [0.4, 0.5) is 4.39 Å². The van der Waals surface area contributed by atoms with Gasteiger partial charge in [0.05, 0.1) is 17.7 Å². The highest BCUT2D eigenvalue weighted by molar-refractivity contribution is 5.62. The average molecular weight is 191 g/mol. The first-order chi connectivity index (χ1) is 6.83. The molecular formula is C10H10FN3. The standard InChI is InChI=1S/C10H10FN3/c11-8-4-2-1-3-7(8)10-9(5-12)13-6-14-10/h1-4,6H,5,12H2,(H,13,14). The summed E-state index contributed by atoms with van der Waals surface area (Å²) in [5.41, 5.74) is 7.30. The lowest BCUT2D eigenvalue weighted by Gasteiger charge is -2.01. The van der Waals surface area contributed by atoms with Gasteiger partial charge in [-0.1, -0.05) is 12.1 Å². The summed E-state index contributed by atoms with van der Waals surface area (Å²) < 4.78 is 13.4. The number of hydrogen-bond acceptors (Lipinski definition) is 2. The highest BCUT2D eigenvalue weighted by atomic mass is 19.1. The summed E-state index contributed by atoms with van der Waals surface area (Å²) in [7, 11) is 0. The van der Waals surface area contributed by atoms with Crippen LogP contribution in [0, 0.1) is 5.82 Å². The van der Waals surface area contributed by atoms with E-state index >= 15 is 0 Å². The molecule has 2 rings (SSSR count). The lowest BCUT2D eigenvalue weighted by molar-refractivity contribution is 0.630. The molecule has 0 unspecified atom stereocenters. The minimum absolute atomic E-state index is 0.283. The van der Waals surface area contributed by atoms with Gasteiger partial charge in [0.15, 0.2) is 0 Å². The monoisotopic (exact) mass is 191 g/mol. The summed E-state index contributed by atoms with van der Waals surface area (Å²) in [6.07, 6.45) is 1.52. The van der Waals surface area contributed by atoms with Crippen molar-refractivity contribution in [1.82, 2.24) is 9.97 Å². The maximum absolute atomic E-state index is 13.4. The molecule has 1 heterocycles. The number of H-pyrrole nitrogens is 1. The van der Waals surface area contributed by atoms with Gasteiger partial charge in [-0.05, 0) is 12.1 Å². The van der Waals surface area contributed by atoms with Crippen LogP contribution >= 0.6 is 0 Å². The average Bonchev–Trinajstić information content (AvgIpc) is 2.66. The van der Waals surface area contributed by atoms with Gasteiger partial charge < -0.3 is 10.7 Å². The van der Waals surface area contributed by atoms with Crippen LogP contribution in [0.25, 0.3) is 11.3 Å². The van der Waals surface area contributed by atoms with E-state index in [4.69, 9.17) is 5.73 Å². The molecule has 3 N–H and O–H groups in total. The minimum Gasteiger partial charge on any atom is -0.347 e. The number of nitrogens with one attached hydrogen (secondary N) is 1. The van der Waals surface area contributed by atoms with Crippen LogP contribution in [0.2, 0.25) is 0 Å². The molecular weight excluding hydrogens is 181 g/mol. The van der Waals surface area contributed by atoms with E-state index in [0.29, 0.717) is 17.8 Å². The van der Waals surface area contributed by atoms with Gasteiger partial charge in [0.2, 0.25) is 0 Å². The maximum Gasteiger partial charge on any atom is 0.132 e. The number of nitrogens with two attached hydrogens (primary N) is 1. The van der Waals surface area contributed by atoms with Crippen molar-refractivity contribution in [2.45, 2.75) is 6.54 Å². The number of imidazole rings is 1. The Bertz CT molecular complexity index is 436. The van der Waals surface area contributed by atoms with Crippen molar-refractivity contribution in [2.24, 2.45) is 5.73 Å². The van der Waals surface area contributed by atoms with Crippen LogP contribution in [0.15, 0.2) is 30.6 Å². The zero-order chi connectivity index (χ0) is 9.97. The highest BCUT2D eigenvalue weighted by Crippen LogP contribution is 2.22. The molecule has 72 valence electrons. The molecule has 4 heteroatoms. The van der Waals surface area contributed by atoms with E-state index in [-0.39, 0.29) is 5.82 Å². The second-order valence-electron chi connectivity index (χ2n) is 2.91. The van der Waals surface area contributed by atoms with Crippen LogP contribution in [0.5, 0.6) is 0 Å². The van der Waals surface area contributed by atoms with Crippen LogP contribution < -0.4 is 5.73 Å². The first-order valence-electron chi connectivity index (χ1n) is 4.30. The van der Waals surface area contributed by atoms with Crippen LogP contribution in [0.3, 0.4) is 0 Å². The van der Waals surface area contributed by atoms with Gasteiger partial charge in [-0.2, -0.15) is 0 Å². The van der Waals surface area contributed by atoms with Crippen molar-refractivity contribution < 1.29 is 4.39 Å². The third kappa shape index (κ3) is 1.40. The molecule has 2 aromatic rings. The summed E-state index contributed by atoms with van der Waals surface area (Å²) in [6, 6.07) is 6.51. The van der Waals surface area contributed by atoms with Crippen molar-refractivity contribution in [2.75, 3.05) is 0 Å². The molecule has 0 atom stereocenters. The normalized spacial score (nSPS) is 10.4. The Morgan fingerprint density at radius 3 is 2.86 bits per heavy atom. The zero-order valence-electron chi connectivity index (χ0n) is 7.50. The Morgan fingerprint density at radius 1 is 1.36 bits per heavy atom. The second-order valence-corrected chi connectivity index (χ2v) is 2.91. The van der Waals surface area contributed by atoms with E-state index in [1.54, 1.807) is 18.2 Å². The molecule has 0 amide bonds. The van der Waals surface area contributed by atoms with Gasteiger partial charge in [0.1, 0.15) is 5.82 Å². The predicted octanol–water partition coefficient (Wildman–Crippen LogP) is 1.67. The van der Waals surface area contributed by atoms with Gasteiger partial charge in [-0.15, -0.1) is 0 Å². The van der Waals surface area contributed by atoms with Crippen molar-refractivity contribution in [3.05, 3.63) is 42.1 Å². The van der Waals surface area contributed by atoms with Crippen molar-refractivity contribution >= 4 is 0 Å². The number of nitrogens with zero attached hydrogens (tertiary/aromatic N) is 1. The lowest BCUT2D eigenvalue weighted by Crippen LogP contribution is -1.99. The molecule has 0 saturated heterocycles. The molecule has 0 aliphatic heterocycles. The van der Waals surface area contributed by atoms with Crippen molar-refractivity contribution in [3.8, 4) is 11.3 Å². The Balaban J connectivity index is 2.54. The van der Waals surface area contributed by atoms with Crippen molar-refractivity contribution in [1.29, 1.82) is 0 Å². The fraction of sp³-hybridized carbons (Fsp3) is 0.100. The van der Waals surface area contributed by atoms with E-state index in [1.807, 2.05) is 0 Å². The van der Waals surface area contributed by atoms with Gasteiger partial charge in [-0.25, -0.2) is 9.37 Å². The quantitative estimate of drug-likeness (QED) is 0.758. The number of halogens is 1. The number of aromatic nitrogens is 2. The molecule has 14 heavy (non-hydrogen) atoms. The van der Waals surface area contributed by atoms with Crippen molar-refractivity contribution in [3.63, 3.8) is 0 Å². The second kappa shape index (κ2) is 3.59. The molecule has 0 aliphatic carbocycles. The Hall–Kier alpha value is -1.68. The molecule has 0 spiro atoms. The van der Waals surface area contributed by atoms with Gasteiger partial charge in [-0.3, -0.25) is 0 Å². The SMILES string of the molecule is NCc1[nH]cnc1-c1ccccc1F. The molecule has 0 bridgehead atoms. The third-order valence-corrected chi connectivity index (χ3v) is 2.05. The Morgan fingerprint density at radius 2 is 2.14 bits per heavy atom. The molecule has 0 radical (unpaired) electrons. The summed E-state index contributed by atoms with van der Waals surface area (Å²) in [4.78, 5) is 6.92. The Kier molecular flexibility index (Phi) is 2.28. The van der Waals surface area contributed by atoms with Gasteiger partial charge in [0, 0.05) is 12.1 Å².